The Hall–Kier alpha value is -0.160. The van der Waals surface area contributed by atoms with Crippen molar-refractivity contribution in [1.82, 2.24) is 0 Å². The van der Waals surface area contributed by atoms with Gasteiger partial charge in [0.1, 0.15) is 16.8 Å². The Labute approximate surface area is 97.2 Å². The zero-order valence-corrected chi connectivity index (χ0v) is 11.2. The lowest BCUT2D eigenvalue weighted by atomic mass is 9.59. The minimum atomic E-state index is -1.68. The molecule has 4 heteroatoms. The first-order valence-corrected chi connectivity index (χ1v) is 5.58. The Morgan fingerprint density at radius 1 is 0.562 bits per heavy atom. The summed E-state index contributed by atoms with van der Waals surface area (Å²) in [5.74, 6) is 0. The predicted octanol–water partition coefficient (Wildman–Crippen LogP) is 0.827. The van der Waals surface area contributed by atoms with Crippen LogP contribution in [0.4, 0.5) is 0 Å². The van der Waals surface area contributed by atoms with E-state index < -0.39 is 28.0 Å². The van der Waals surface area contributed by atoms with Crippen LogP contribution in [-0.4, -0.2) is 43.3 Å². The molecule has 1 rings (SSSR count). The number of hydrogen-bond acceptors (Lipinski definition) is 4. The van der Waals surface area contributed by atoms with Crippen molar-refractivity contribution in [3.63, 3.8) is 0 Å². The highest BCUT2D eigenvalue weighted by Gasteiger charge is 2.71. The maximum atomic E-state index is 10.5. The summed E-state index contributed by atoms with van der Waals surface area (Å²) in [5.41, 5.74) is -6.70. The summed E-state index contributed by atoms with van der Waals surface area (Å²) in [7, 11) is 0. The molecule has 0 aliphatic carbocycles. The van der Waals surface area contributed by atoms with Crippen LogP contribution < -0.4 is 0 Å². The van der Waals surface area contributed by atoms with Crippen LogP contribution in [0.3, 0.4) is 0 Å². The smallest absolute Gasteiger partial charge is 0.124 e. The molecule has 2 unspecified atom stereocenters. The number of aliphatic hydroxyl groups is 3. The highest BCUT2D eigenvalue weighted by Crippen LogP contribution is 2.52. The highest BCUT2D eigenvalue weighted by atomic mass is 16.6. The van der Waals surface area contributed by atoms with Gasteiger partial charge < -0.3 is 20.1 Å². The Kier molecular flexibility index (Phi) is 2.60. The second kappa shape index (κ2) is 2.99. The monoisotopic (exact) mass is 232 g/mol. The predicted molar refractivity (Wildman–Crippen MR) is 61.1 cm³/mol. The lowest BCUT2D eigenvalue weighted by Gasteiger charge is -2.64. The second-order valence-corrected chi connectivity index (χ2v) is 6.34. The first-order valence-electron chi connectivity index (χ1n) is 5.58. The van der Waals surface area contributed by atoms with Crippen LogP contribution in [0.2, 0.25) is 0 Å². The van der Waals surface area contributed by atoms with Gasteiger partial charge in [-0.05, 0) is 48.5 Å². The molecular weight excluding hydrogens is 208 g/mol. The topological polar surface area (TPSA) is 69.9 Å². The summed E-state index contributed by atoms with van der Waals surface area (Å²) in [6, 6.07) is 0. The molecule has 1 aliphatic rings. The van der Waals surface area contributed by atoms with Gasteiger partial charge in [-0.15, -0.1) is 0 Å². The van der Waals surface area contributed by atoms with Gasteiger partial charge in [0, 0.05) is 0 Å². The van der Waals surface area contributed by atoms with Crippen LogP contribution >= 0.6 is 0 Å². The third kappa shape index (κ3) is 1.30. The van der Waals surface area contributed by atoms with Gasteiger partial charge in [-0.3, -0.25) is 0 Å². The van der Waals surface area contributed by atoms with E-state index in [1.807, 2.05) is 0 Å². The molecule has 0 radical (unpaired) electrons. The summed E-state index contributed by atoms with van der Waals surface area (Å²) in [5, 5.41) is 31.4. The van der Waals surface area contributed by atoms with E-state index in [0.29, 0.717) is 0 Å². The molecular formula is C12H24O4. The zero-order chi connectivity index (χ0) is 13.2. The summed E-state index contributed by atoms with van der Waals surface area (Å²) < 4.78 is 5.77. The molecule has 4 nitrogen and oxygen atoms in total. The molecule has 16 heavy (non-hydrogen) atoms. The lowest BCUT2D eigenvalue weighted by Crippen LogP contribution is -2.82. The van der Waals surface area contributed by atoms with Crippen LogP contribution in [0.15, 0.2) is 0 Å². The number of ether oxygens (including phenoxy) is 1. The third-order valence-corrected chi connectivity index (χ3v) is 4.75. The number of hydrogen-bond donors (Lipinski definition) is 3. The van der Waals surface area contributed by atoms with E-state index in [1.165, 1.54) is 20.8 Å². The number of rotatable bonds is 0. The van der Waals surface area contributed by atoms with E-state index in [0.717, 1.165) is 0 Å². The Morgan fingerprint density at radius 2 is 0.812 bits per heavy atom. The molecule has 1 aliphatic heterocycles. The minimum absolute atomic E-state index is 0.956. The first kappa shape index (κ1) is 13.9. The Balaban J connectivity index is 3.43. The van der Waals surface area contributed by atoms with Gasteiger partial charge in [0.05, 0.1) is 11.2 Å². The SMILES string of the molecule is CC1(C)OC(C)(C)[C@@](C)(O)C(C)(O)C1(C)O. The van der Waals surface area contributed by atoms with Crippen molar-refractivity contribution in [2.45, 2.75) is 76.5 Å². The van der Waals surface area contributed by atoms with Crippen molar-refractivity contribution in [1.29, 1.82) is 0 Å². The molecule has 1 fully saturated rings. The van der Waals surface area contributed by atoms with Gasteiger partial charge in [-0.2, -0.15) is 0 Å². The van der Waals surface area contributed by atoms with Crippen LogP contribution in [0.5, 0.6) is 0 Å². The van der Waals surface area contributed by atoms with Crippen LogP contribution in [0, 0.1) is 0 Å². The quantitative estimate of drug-likeness (QED) is 0.578. The van der Waals surface area contributed by atoms with Crippen LogP contribution in [0.1, 0.15) is 48.5 Å². The summed E-state index contributed by atoms with van der Waals surface area (Å²) in [4.78, 5) is 0. The van der Waals surface area contributed by atoms with Crippen molar-refractivity contribution in [2.24, 2.45) is 0 Å². The summed E-state index contributed by atoms with van der Waals surface area (Å²) in [6.07, 6.45) is 0. The first-order chi connectivity index (χ1) is 6.71. The van der Waals surface area contributed by atoms with Gasteiger partial charge in [-0.1, -0.05) is 0 Å². The van der Waals surface area contributed by atoms with Crippen molar-refractivity contribution in [3.8, 4) is 0 Å². The van der Waals surface area contributed by atoms with Gasteiger partial charge in [0.25, 0.3) is 0 Å². The molecule has 0 saturated carbocycles. The third-order valence-electron chi connectivity index (χ3n) is 4.75. The van der Waals surface area contributed by atoms with Crippen LogP contribution in [0.25, 0.3) is 0 Å². The molecule has 1 saturated heterocycles. The fourth-order valence-electron chi connectivity index (χ4n) is 2.48. The molecule has 0 aromatic carbocycles. The van der Waals surface area contributed by atoms with Crippen molar-refractivity contribution >= 4 is 0 Å². The standard InChI is InChI=1S/C12H24O4/c1-8(2)10(5,13)12(7,15)11(6,14)9(3,4)16-8/h13-15H,1-7H3/t10-,11?,12?/m1/s1. The van der Waals surface area contributed by atoms with Gasteiger partial charge in [0.15, 0.2) is 0 Å². The second-order valence-electron chi connectivity index (χ2n) is 6.34. The van der Waals surface area contributed by atoms with E-state index in [1.54, 1.807) is 27.7 Å². The summed E-state index contributed by atoms with van der Waals surface area (Å²) in [6.45, 7) is 11.2. The maximum absolute atomic E-state index is 10.5. The molecule has 0 bridgehead atoms. The fourth-order valence-corrected chi connectivity index (χ4v) is 2.48. The fraction of sp³-hybridized carbons (Fsp3) is 1.00. The van der Waals surface area contributed by atoms with Gasteiger partial charge in [-0.25, -0.2) is 0 Å². The Morgan fingerprint density at radius 3 is 1.06 bits per heavy atom. The molecule has 0 spiro atoms. The molecule has 0 aromatic rings. The molecule has 3 N–H and O–H groups in total. The molecule has 0 aromatic heterocycles. The summed E-state index contributed by atoms with van der Waals surface area (Å²) >= 11 is 0. The van der Waals surface area contributed by atoms with Crippen molar-refractivity contribution < 1.29 is 20.1 Å². The van der Waals surface area contributed by atoms with Gasteiger partial charge >= 0.3 is 0 Å². The zero-order valence-electron chi connectivity index (χ0n) is 11.2. The molecule has 3 atom stereocenters. The maximum Gasteiger partial charge on any atom is 0.124 e. The molecule has 1 heterocycles. The van der Waals surface area contributed by atoms with E-state index in [2.05, 4.69) is 0 Å². The lowest BCUT2D eigenvalue weighted by molar-refractivity contribution is -0.390. The highest BCUT2D eigenvalue weighted by molar-refractivity contribution is 5.21. The van der Waals surface area contributed by atoms with Crippen LogP contribution in [-0.2, 0) is 4.74 Å². The molecule has 96 valence electrons. The van der Waals surface area contributed by atoms with Crippen molar-refractivity contribution in [3.05, 3.63) is 0 Å². The molecule has 0 amide bonds. The van der Waals surface area contributed by atoms with Crippen molar-refractivity contribution in [2.75, 3.05) is 0 Å². The van der Waals surface area contributed by atoms with E-state index >= 15 is 0 Å². The van der Waals surface area contributed by atoms with E-state index in [4.69, 9.17) is 4.74 Å². The normalized spacial score (nSPS) is 51.4. The van der Waals surface area contributed by atoms with E-state index in [-0.39, 0.29) is 0 Å². The Bertz CT molecular complexity index is 272. The average Bonchev–Trinajstić information content (AvgIpc) is 1.98. The minimum Gasteiger partial charge on any atom is -0.384 e. The average molecular weight is 232 g/mol. The van der Waals surface area contributed by atoms with Gasteiger partial charge in [0.2, 0.25) is 0 Å². The largest absolute Gasteiger partial charge is 0.384 e. The van der Waals surface area contributed by atoms with E-state index in [9.17, 15) is 15.3 Å².